The van der Waals surface area contributed by atoms with E-state index < -0.39 is 0 Å². The summed E-state index contributed by atoms with van der Waals surface area (Å²) in [5.74, 6) is 0. The van der Waals surface area contributed by atoms with E-state index in [2.05, 4.69) is 53.7 Å². The van der Waals surface area contributed by atoms with Gasteiger partial charge in [-0.1, -0.05) is 36.8 Å². The monoisotopic (exact) mass is 285 g/mol. The molecule has 0 aliphatic heterocycles. The largest absolute Gasteiger partial charge is 0.356 e. The molecule has 0 saturated heterocycles. The van der Waals surface area contributed by atoms with E-state index in [0.29, 0.717) is 5.11 Å². The van der Waals surface area contributed by atoms with Gasteiger partial charge in [0.05, 0.1) is 17.9 Å². The number of pyridine rings is 1. The lowest BCUT2D eigenvalue weighted by atomic mass is 10.0. The minimum atomic E-state index is 0.215. The first-order valence-electron chi connectivity index (χ1n) is 6.73. The van der Waals surface area contributed by atoms with Crippen molar-refractivity contribution in [3.8, 4) is 0 Å². The van der Waals surface area contributed by atoms with Gasteiger partial charge in [0.25, 0.3) is 0 Å². The molecule has 1 atom stereocenters. The van der Waals surface area contributed by atoms with E-state index in [9.17, 15) is 0 Å². The van der Waals surface area contributed by atoms with Gasteiger partial charge in [0.2, 0.25) is 0 Å². The number of nitrogens with zero attached hydrogens (tertiary/aromatic N) is 1. The lowest BCUT2D eigenvalue weighted by Gasteiger charge is -2.20. The van der Waals surface area contributed by atoms with Gasteiger partial charge >= 0.3 is 0 Å². The Labute approximate surface area is 125 Å². The quantitative estimate of drug-likeness (QED) is 0.837. The van der Waals surface area contributed by atoms with Gasteiger partial charge in [-0.2, -0.15) is 0 Å². The molecular weight excluding hydrogens is 266 g/mol. The third-order valence-corrected chi connectivity index (χ3v) is 3.33. The first-order valence-corrected chi connectivity index (χ1v) is 7.14. The van der Waals surface area contributed by atoms with Crippen LogP contribution in [0.4, 0.5) is 5.69 Å². The van der Waals surface area contributed by atoms with Crippen molar-refractivity contribution in [2.45, 2.75) is 26.3 Å². The van der Waals surface area contributed by atoms with Crippen LogP contribution in [0.3, 0.4) is 0 Å². The van der Waals surface area contributed by atoms with Gasteiger partial charge in [-0.15, -0.1) is 0 Å². The van der Waals surface area contributed by atoms with Crippen molar-refractivity contribution in [3.05, 3.63) is 59.9 Å². The van der Waals surface area contributed by atoms with Crippen molar-refractivity contribution in [2.75, 3.05) is 5.32 Å². The molecule has 1 heterocycles. The number of aromatic nitrogens is 1. The van der Waals surface area contributed by atoms with Crippen LogP contribution in [0.15, 0.2) is 48.8 Å². The van der Waals surface area contributed by atoms with Crippen LogP contribution in [0.2, 0.25) is 0 Å². The Morgan fingerprint density at radius 3 is 2.60 bits per heavy atom. The Morgan fingerprint density at radius 1 is 1.25 bits per heavy atom. The second kappa shape index (κ2) is 7.01. The predicted octanol–water partition coefficient (Wildman–Crippen LogP) is 3.83. The molecule has 0 spiro atoms. The number of nitrogens with one attached hydrogen (secondary N) is 2. The molecule has 2 rings (SSSR count). The summed E-state index contributed by atoms with van der Waals surface area (Å²) in [6.45, 7) is 4.23. The Balaban J connectivity index is 1.99. The molecule has 2 aromatic rings. The molecule has 0 saturated carbocycles. The van der Waals surface area contributed by atoms with Gasteiger partial charge in [-0.3, -0.25) is 4.98 Å². The van der Waals surface area contributed by atoms with Gasteiger partial charge in [-0.05, 0) is 43.3 Å². The highest BCUT2D eigenvalue weighted by molar-refractivity contribution is 7.80. The van der Waals surface area contributed by atoms with Crippen molar-refractivity contribution < 1.29 is 0 Å². The van der Waals surface area contributed by atoms with Crippen molar-refractivity contribution in [3.63, 3.8) is 0 Å². The fourth-order valence-corrected chi connectivity index (χ4v) is 2.24. The van der Waals surface area contributed by atoms with E-state index in [4.69, 9.17) is 12.2 Å². The number of aryl methyl sites for hydroxylation is 1. The van der Waals surface area contributed by atoms with E-state index in [1.54, 1.807) is 12.4 Å². The normalized spacial score (nSPS) is 11.7. The predicted molar refractivity (Wildman–Crippen MR) is 87.8 cm³/mol. The number of hydrogen-bond acceptors (Lipinski definition) is 2. The molecule has 0 radical (unpaired) electrons. The van der Waals surface area contributed by atoms with Crippen molar-refractivity contribution in [2.24, 2.45) is 0 Å². The van der Waals surface area contributed by atoms with E-state index in [1.807, 2.05) is 12.1 Å². The minimum Gasteiger partial charge on any atom is -0.356 e. The van der Waals surface area contributed by atoms with Crippen LogP contribution in [-0.2, 0) is 0 Å². The maximum absolute atomic E-state index is 5.35. The molecule has 104 valence electrons. The number of rotatable bonds is 4. The van der Waals surface area contributed by atoms with E-state index in [0.717, 1.165) is 12.1 Å². The first-order chi connectivity index (χ1) is 9.69. The van der Waals surface area contributed by atoms with Crippen LogP contribution in [0, 0.1) is 6.92 Å². The standard InChI is InChI=1S/C16H19N3S/c1-3-15(13-8-6-12(2)7-9-13)19-16(20)18-14-5-4-10-17-11-14/h4-11,15H,3H2,1-2H3,(H2,18,19,20). The van der Waals surface area contributed by atoms with Crippen LogP contribution in [0.5, 0.6) is 0 Å². The lowest BCUT2D eigenvalue weighted by Crippen LogP contribution is -2.32. The fraction of sp³-hybridized carbons (Fsp3) is 0.250. The Hall–Kier alpha value is -1.94. The first kappa shape index (κ1) is 14.5. The molecule has 1 unspecified atom stereocenters. The van der Waals surface area contributed by atoms with Crippen molar-refractivity contribution >= 4 is 23.0 Å². The van der Waals surface area contributed by atoms with Crippen LogP contribution in [0.25, 0.3) is 0 Å². The maximum atomic E-state index is 5.35. The molecule has 20 heavy (non-hydrogen) atoms. The van der Waals surface area contributed by atoms with Gasteiger partial charge in [0.15, 0.2) is 5.11 Å². The molecule has 0 aliphatic carbocycles. The molecule has 1 aromatic carbocycles. The zero-order valence-electron chi connectivity index (χ0n) is 11.8. The molecule has 0 bridgehead atoms. The minimum absolute atomic E-state index is 0.215. The molecule has 2 N–H and O–H groups in total. The highest BCUT2D eigenvalue weighted by atomic mass is 32.1. The van der Waals surface area contributed by atoms with E-state index >= 15 is 0 Å². The van der Waals surface area contributed by atoms with E-state index in [-0.39, 0.29) is 6.04 Å². The smallest absolute Gasteiger partial charge is 0.171 e. The number of thiocarbonyl (C=S) groups is 1. The summed E-state index contributed by atoms with van der Waals surface area (Å²) in [5.41, 5.74) is 3.40. The second-order valence-electron chi connectivity index (χ2n) is 4.71. The third kappa shape index (κ3) is 4.03. The number of anilines is 1. The summed E-state index contributed by atoms with van der Waals surface area (Å²) in [5, 5.41) is 7.11. The fourth-order valence-electron chi connectivity index (χ4n) is 1.98. The van der Waals surface area contributed by atoms with Crippen molar-refractivity contribution in [1.29, 1.82) is 0 Å². The summed E-state index contributed by atoms with van der Waals surface area (Å²) in [6.07, 6.45) is 4.46. The summed E-state index contributed by atoms with van der Waals surface area (Å²) in [7, 11) is 0. The molecule has 3 nitrogen and oxygen atoms in total. The second-order valence-corrected chi connectivity index (χ2v) is 5.12. The van der Waals surface area contributed by atoms with Crippen LogP contribution < -0.4 is 10.6 Å². The summed E-state index contributed by atoms with van der Waals surface area (Å²) in [4.78, 5) is 4.05. The Morgan fingerprint density at radius 2 is 2.00 bits per heavy atom. The lowest BCUT2D eigenvalue weighted by molar-refractivity contribution is 0.629. The molecular formula is C16H19N3S. The maximum Gasteiger partial charge on any atom is 0.171 e. The van der Waals surface area contributed by atoms with Gasteiger partial charge in [0, 0.05) is 6.20 Å². The Kier molecular flexibility index (Phi) is 5.07. The molecule has 4 heteroatoms. The number of hydrogen-bond donors (Lipinski definition) is 2. The summed E-state index contributed by atoms with van der Waals surface area (Å²) >= 11 is 5.35. The highest BCUT2D eigenvalue weighted by Crippen LogP contribution is 2.17. The Bertz CT molecular complexity index is 552. The van der Waals surface area contributed by atoms with Gasteiger partial charge in [0.1, 0.15) is 0 Å². The zero-order valence-corrected chi connectivity index (χ0v) is 12.6. The molecule has 1 aromatic heterocycles. The van der Waals surface area contributed by atoms with Gasteiger partial charge < -0.3 is 10.6 Å². The SMILES string of the molecule is CCC(NC(=S)Nc1cccnc1)c1ccc(C)cc1. The topological polar surface area (TPSA) is 37.0 Å². The van der Waals surface area contributed by atoms with Crippen LogP contribution in [0.1, 0.15) is 30.5 Å². The number of benzene rings is 1. The molecule has 0 aliphatic rings. The van der Waals surface area contributed by atoms with Crippen molar-refractivity contribution in [1.82, 2.24) is 10.3 Å². The average Bonchev–Trinajstić information content (AvgIpc) is 2.47. The van der Waals surface area contributed by atoms with Crippen LogP contribution in [-0.4, -0.2) is 10.1 Å². The molecule has 0 amide bonds. The third-order valence-electron chi connectivity index (χ3n) is 3.11. The summed E-state index contributed by atoms with van der Waals surface area (Å²) < 4.78 is 0. The highest BCUT2D eigenvalue weighted by Gasteiger charge is 2.10. The van der Waals surface area contributed by atoms with Crippen LogP contribution >= 0.6 is 12.2 Å². The zero-order chi connectivity index (χ0) is 14.4. The summed E-state index contributed by atoms with van der Waals surface area (Å²) in [6, 6.07) is 12.6. The average molecular weight is 285 g/mol. The molecule has 0 fully saturated rings. The van der Waals surface area contributed by atoms with Gasteiger partial charge in [-0.25, -0.2) is 0 Å². The van der Waals surface area contributed by atoms with E-state index in [1.165, 1.54) is 11.1 Å².